The van der Waals surface area contributed by atoms with Gasteiger partial charge >= 0.3 is 11.6 Å². The summed E-state index contributed by atoms with van der Waals surface area (Å²) in [6.45, 7) is 7.15. The summed E-state index contributed by atoms with van der Waals surface area (Å²) in [7, 11) is 0. The van der Waals surface area contributed by atoms with Gasteiger partial charge in [0.1, 0.15) is 17.4 Å². The summed E-state index contributed by atoms with van der Waals surface area (Å²) in [5, 5.41) is 12.8. The van der Waals surface area contributed by atoms with Crippen molar-refractivity contribution >= 4 is 22.8 Å². The summed E-state index contributed by atoms with van der Waals surface area (Å²) in [5.74, 6) is -1.02. The molecule has 1 aliphatic rings. The quantitative estimate of drug-likeness (QED) is 0.672. The molecule has 0 bridgehead atoms. The number of carbonyl (C=O) groups excluding carboxylic acids is 1. The lowest BCUT2D eigenvalue weighted by atomic mass is 9.90. The lowest BCUT2D eigenvalue weighted by Gasteiger charge is -2.21. The maximum absolute atomic E-state index is 12.5. The van der Waals surface area contributed by atoms with Crippen LogP contribution in [0.5, 0.6) is 5.75 Å². The van der Waals surface area contributed by atoms with Crippen LogP contribution in [0.1, 0.15) is 56.7 Å². The highest BCUT2D eigenvalue weighted by Gasteiger charge is 2.26. The van der Waals surface area contributed by atoms with Crippen molar-refractivity contribution in [1.29, 1.82) is 0 Å². The molecule has 0 saturated carbocycles. The van der Waals surface area contributed by atoms with Crippen LogP contribution < -0.4 is 15.7 Å². The van der Waals surface area contributed by atoms with Crippen LogP contribution in [-0.4, -0.2) is 29.1 Å². The molecule has 1 heterocycles. The third-order valence-corrected chi connectivity index (χ3v) is 5.58. The van der Waals surface area contributed by atoms with Gasteiger partial charge in [0.25, 0.3) is 5.91 Å². The molecule has 3 rings (SSSR count). The second-order valence-corrected chi connectivity index (χ2v) is 8.41. The van der Waals surface area contributed by atoms with Crippen molar-refractivity contribution in [2.75, 3.05) is 0 Å². The van der Waals surface area contributed by atoms with Crippen LogP contribution in [0.25, 0.3) is 11.0 Å². The fraction of sp³-hybridized carbons (Fsp3) is 0.522. The number of rotatable bonds is 7. The molecule has 0 spiro atoms. The summed E-state index contributed by atoms with van der Waals surface area (Å²) in [5.41, 5.74) is 2.63. The Balaban J connectivity index is 1.83. The molecule has 0 saturated heterocycles. The largest absolute Gasteiger partial charge is 0.480 e. The van der Waals surface area contributed by atoms with E-state index in [2.05, 4.69) is 5.32 Å². The van der Waals surface area contributed by atoms with E-state index in [0.717, 1.165) is 42.2 Å². The van der Waals surface area contributed by atoms with Crippen molar-refractivity contribution in [3.63, 3.8) is 0 Å². The van der Waals surface area contributed by atoms with Crippen LogP contribution in [0, 0.1) is 12.8 Å². The van der Waals surface area contributed by atoms with Gasteiger partial charge in [-0.25, -0.2) is 9.59 Å². The SMILES string of the molecule is Cc1c(O[C@H](C)C(=O)N[C@@H](CC(C)C)C(=O)O)ccc2c3c(c(=O)oc12)CCCC3. The number of benzene rings is 1. The standard InChI is InChI=1S/C23H29NO6/c1-12(2)11-18(22(26)27)24-21(25)14(4)29-19-10-9-16-15-7-5-6-8-17(15)23(28)30-20(16)13(19)3/h9-10,12,14,18H,5-8,11H2,1-4H3,(H,24,25)(H,26,27)/t14-,18+/m1/s1. The molecule has 1 amide bonds. The van der Waals surface area contributed by atoms with Crippen molar-refractivity contribution < 1.29 is 23.8 Å². The van der Waals surface area contributed by atoms with Crippen LogP contribution in [0.4, 0.5) is 0 Å². The number of hydrogen-bond acceptors (Lipinski definition) is 5. The predicted molar refractivity (Wildman–Crippen MR) is 113 cm³/mol. The van der Waals surface area contributed by atoms with Crippen LogP contribution in [0.2, 0.25) is 0 Å². The molecule has 0 radical (unpaired) electrons. The molecular formula is C23H29NO6. The number of carbonyl (C=O) groups is 2. The van der Waals surface area contributed by atoms with Gasteiger partial charge in [-0.2, -0.15) is 0 Å². The first-order chi connectivity index (χ1) is 14.2. The number of aliphatic carboxylic acids is 1. The zero-order valence-electron chi connectivity index (χ0n) is 17.9. The van der Waals surface area contributed by atoms with Crippen molar-refractivity contribution in [3.8, 4) is 5.75 Å². The molecule has 1 aliphatic carbocycles. The highest BCUT2D eigenvalue weighted by molar-refractivity contribution is 5.88. The second kappa shape index (κ2) is 8.90. The van der Waals surface area contributed by atoms with E-state index in [1.807, 2.05) is 19.9 Å². The number of carboxylic acids is 1. The maximum Gasteiger partial charge on any atom is 0.339 e. The monoisotopic (exact) mass is 415 g/mol. The van der Waals surface area contributed by atoms with E-state index < -0.39 is 24.0 Å². The van der Waals surface area contributed by atoms with E-state index in [9.17, 15) is 19.5 Å². The van der Waals surface area contributed by atoms with Gasteiger partial charge < -0.3 is 19.6 Å². The van der Waals surface area contributed by atoms with E-state index in [-0.39, 0.29) is 11.5 Å². The Bertz CT molecular complexity index is 1020. The van der Waals surface area contributed by atoms with E-state index >= 15 is 0 Å². The van der Waals surface area contributed by atoms with Gasteiger partial charge in [-0.1, -0.05) is 13.8 Å². The smallest absolute Gasteiger partial charge is 0.339 e. The van der Waals surface area contributed by atoms with Crippen molar-refractivity contribution in [2.45, 2.75) is 71.9 Å². The first-order valence-corrected chi connectivity index (χ1v) is 10.5. The Morgan fingerprint density at radius 2 is 1.83 bits per heavy atom. The number of aryl methyl sites for hydroxylation is 2. The van der Waals surface area contributed by atoms with Gasteiger partial charge in [0.15, 0.2) is 6.10 Å². The van der Waals surface area contributed by atoms with E-state index in [1.54, 1.807) is 19.9 Å². The highest BCUT2D eigenvalue weighted by atomic mass is 16.5. The minimum Gasteiger partial charge on any atom is -0.480 e. The summed E-state index contributed by atoms with van der Waals surface area (Å²) < 4.78 is 11.4. The van der Waals surface area contributed by atoms with Crippen LogP contribution in [0.3, 0.4) is 0 Å². The fourth-order valence-corrected chi connectivity index (χ4v) is 3.98. The van der Waals surface area contributed by atoms with Crippen molar-refractivity contribution in [2.24, 2.45) is 5.92 Å². The summed E-state index contributed by atoms with van der Waals surface area (Å²) >= 11 is 0. The van der Waals surface area contributed by atoms with Crippen LogP contribution >= 0.6 is 0 Å². The van der Waals surface area contributed by atoms with Crippen molar-refractivity contribution in [3.05, 3.63) is 39.2 Å². The summed E-state index contributed by atoms with van der Waals surface area (Å²) in [6.07, 6.45) is 3.05. The number of amides is 1. The van der Waals surface area contributed by atoms with Gasteiger partial charge in [-0.05, 0) is 69.6 Å². The van der Waals surface area contributed by atoms with Crippen molar-refractivity contribution in [1.82, 2.24) is 5.32 Å². The number of ether oxygens (including phenoxy) is 1. The number of fused-ring (bicyclic) bond motifs is 3. The predicted octanol–water partition coefficient (Wildman–Crippen LogP) is 3.36. The number of nitrogens with one attached hydrogen (secondary N) is 1. The molecule has 7 nitrogen and oxygen atoms in total. The average Bonchev–Trinajstić information content (AvgIpc) is 2.69. The van der Waals surface area contributed by atoms with Gasteiger partial charge in [0.05, 0.1) is 0 Å². The third-order valence-electron chi connectivity index (χ3n) is 5.58. The molecule has 0 fully saturated rings. The molecule has 0 unspecified atom stereocenters. The lowest BCUT2D eigenvalue weighted by Crippen LogP contribution is -2.46. The van der Waals surface area contributed by atoms with Gasteiger partial charge in [0, 0.05) is 16.5 Å². The lowest BCUT2D eigenvalue weighted by molar-refractivity contribution is -0.143. The zero-order chi connectivity index (χ0) is 22.0. The average molecular weight is 415 g/mol. The molecule has 30 heavy (non-hydrogen) atoms. The molecule has 0 aliphatic heterocycles. The zero-order valence-corrected chi connectivity index (χ0v) is 17.9. The molecule has 2 aromatic rings. The van der Waals surface area contributed by atoms with Gasteiger partial charge in [-0.15, -0.1) is 0 Å². The number of hydrogen-bond donors (Lipinski definition) is 2. The van der Waals surface area contributed by atoms with Crippen LogP contribution in [-0.2, 0) is 22.4 Å². The number of carboxylic acid groups (broad SMARTS) is 1. The Hall–Kier alpha value is -2.83. The molecule has 2 N–H and O–H groups in total. The minimum absolute atomic E-state index is 0.124. The molecule has 1 aromatic heterocycles. The molecule has 2 atom stereocenters. The molecule has 1 aromatic carbocycles. The summed E-state index contributed by atoms with van der Waals surface area (Å²) in [6, 6.07) is 2.68. The van der Waals surface area contributed by atoms with Gasteiger partial charge in [0.2, 0.25) is 0 Å². The van der Waals surface area contributed by atoms with Crippen LogP contribution in [0.15, 0.2) is 21.3 Å². The maximum atomic E-state index is 12.5. The first-order valence-electron chi connectivity index (χ1n) is 10.5. The Labute approximate surface area is 175 Å². The van der Waals surface area contributed by atoms with E-state index in [4.69, 9.17) is 9.15 Å². The topological polar surface area (TPSA) is 106 Å². The molecule has 162 valence electrons. The Morgan fingerprint density at radius 3 is 2.47 bits per heavy atom. The summed E-state index contributed by atoms with van der Waals surface area (Å²) in [4.78, 5) is 36.3. The van der Waals surface area contributed by atoms with E-state index in [1.165, 1.54) is 0 Å². The highest BCUT2D eigenvalue weighted by Crippen LogP contribution is 2.32. The fourth-order valence-electron chi connectivity index (χ4n) is 3.98. The normalized spacial score (nSPS) is 15.5. The van der Waals surface area contributed by atoms with E-state index in [0.29, 0.717) is 23.3 Å². The Morgan fingerprint density at radius 1 is 1.17 bits per heavy atom. The Kier molecular flexibility index (Phi) is 6.48. The molecule has 7 heteroatoms. The first kappa shape index (κ1) is 21.9. The minimum atomic E-state index is -1.07. The van der Waals surface area contributed by atoms with Gasteiger partial charge in [-0.3, -0.25) is 4.79 Å². The molecular weight excluding hydrogens is 386 g/mol. The second-order valence-electron chi connectivity index (χ2n) is 8.41. The third kappa shape index (κ3) is 4.50.